The number of nitrogens with one attached hydrogen (secondary N) is 1. The van der Waals surface area contributed by atoms with Gasteiger partial charge in [0, 0.05) is 7.11 Å². The summed E-state index contributed by atoms with van der Waals surface area (Å²) in [6.45, 7) is 3.13. The number of methoxy groups -OCH3 is 1. The number of hydrogen-bond donors (Lipinski definition) is 1. The fraction of sp³-hybridized carbons (Fsp3) is 0.538. The maximum absolute atomic E-state index is 5.26. The molecule has 0 radical (unpaired) electrons. The van der Waals surface area contributed by atoms with Gasteiger partial charge in [0.2, 0.25) is 0 Å². The molecule has 1 aromatic rings. The zero-order chi connectivity index (χ0) is 11.1. The molecule has 0 aliphatic carbocycles. The van der Waals surface area contributed by atoms with Crippen molar-refractivity contribution in [2.75, 3.05) is 20.7 Å². The molecular weight excluding hydrogens is 186 g/mol. The predicted octanol–water partition coefficient (Wildman–Crippen LogP) is 2.03. The molecule has 2 nitrogen and oxygen atoms in total. The number of ether oxygens (including phenoxy) is 1. The van der Waals surface area contributed by atoms with Crippen molar-refractivity contribution in [3.63, 3.8) is 0 Å². The molecule has 0 aliphatic rings. The minimum atomic E-state index is 0.296. The summed E-state index contributed by atoms with van der Waals surface area (Å²) >= 11 is 0. The summed E-state index contributed by atoms with van der Waals surface area (Å²) in [4.78, 5) is 0. The molecule has 0 aromatic heterocycles. The third-order valence-corrected chi connectivity index (χ3v) is 2.58. The quantitative estimate of drug-likeness (QED) is 0.770. The average Bonchev–Trinajstić information content (AvgIpc) is 2.26. The second-order valence-corrected chi connectivity index (χ2v) is 3.92. The Hall–Kier alpha value is -0.860. The standard InChI is InChI=1S/C13H21NO/c1-11(15-3)9-13-6-4-5-12(10-13)7-8-14-2/h4-6,10-11,14H,7-9H2,1-3H3. The summed E-state index contributed by atoms with van der Waals surface area (Å²) in [5, 5.41) is 3.16. The first kappa shape index (κ1) is 12.2. The number of likely N-dealkylation sites (N-methyl/N-ethyl adjacent to an activating group) is 1. The highest BCUT2D eigenvalue weighted by Gasteiger charge is 2.02. The summed E-state index contributed by atoms with van der Waals surface area (Å²) in [5.74, 6) is 0. The van der Waals surface area contributed by atoms with Crippen LogP contribution in [0, 0.1) is 0 Å². The van der Waals surface area contributed by atoms with Crippen molar-refractivity contribution in [2.45, 2.75) is 25.9 Å². The Morgan fingerprint density at radius 1 is 1.33 bits per heavy atom. The van der Waals surface area contributed by atoms with E-state index in [9.17, 15) is 0 Å². The molecule has 1 unspecified atom stereocenters. The lowest BCUT2D eigenvalue weighted by Gasteiger charge is -2.10. The van der Waals surface area contributed by atoms with Crippen LogP contribution < -0.4 is 5.32 Å². The lowest BCUT2D eigenvalue weighted by molar-refractivity contribution is 0.119. The van der Waals surface area contributed by atoms with Gasteiger partial charge in [-0.25, -0.2) is 0 Å². The summed E-state index contributed by atoms with van der Waals surface area (Å²) < 4.78 is 5.26. The highest BCUT2D eigenvalue weighted by atomic mass is 16.5. The predicted molar refractivity (Wildman–Crippen MR) is 64.2 cm³/mol. The van der Waals surface area contributed by atoms with E-state index >= 15 is 0 Å². The van der Waals surface area contributed by atoms with Gasteiger partial charge in [-0.05, 0) is 44.5 Å². The largest absolute Gasteiger partial charge is 0.381 e. The van der Waals surface area contributed by atoms with Gasteiger partial charge in [-0.3, -0.25) is 0 Å². The number of hydrogen-bond acceptors (Lipinski definition) is 2. The normalized spacial score (nSPS) is 12.7. The molecule has 1 rings (SSSR count). The first-order valence-electron chi connectivity index (χ1n) is 5.51. The lowest BCUT2D eigenvalue weighted by atomic mass is 10.0. The minimum Gasteiger partial charge on any atom is -0.381 e. The molecule has 0 saturated heterocycles. The van der Waals surface area contributed by atoms with Crippen LogP contribution in [0.2, 0.25) is 0 Å². The molecule has 2 heteroatoms. The molecule has 1 aromatic carbocycles. The zero-order valence-electron chi connectivity index (χ0n) is 9.92. The van der Waals surface area contributed by atoms with Crippen LogP contribution >= 0.6 is 0 Å². The van der Waals surface area contributed by atoms with E-state index in [2.05, 4.69) is 36.5 Å². The lowest BCUT2D eigenvalue weighted by Crippen LogP contribution is -2.11. The zero-order valence-corrected chi connectivity index (χ0v) is 9.92. The molecule has 1 atom stereocenters. The Balaban J connectivity index is 2.57. The number of rotatable bonds is 6. The van der Waals surface area contributed by atoms with Crippen LogP contribution in [0.1, 0.15) is 18.1 Å². The van der Waals surface area contributed by atoms with Crippen molar-refractivity contribution in [2.24, 2.45) is 0 Å². The Bertz CT molecular complexity index is 286. The van der Waals surface area contributed by atoms with Crippen LogP contribution in [0.5, 0.6) is 0 Å². The maximum Gasteiger partial charge on any atom is 0.0583 e. The van der Waals surface area contributed by atoms with E-state index in [1.54, 1.807) is 7.11 Å². The summed E-state index contributed by atoms with van der Waals surface area (Å²) in [6, 6.07) is 8.74. The van der Waals surface area contributed by atoms with E-state index in [1.807, 2.05) is 7.05 Å². The van der Waals surface area contributed by atoms with Crippen LogP contribution in [0.15, 0.2) is 24.3 Å². The highest BCUT2D eigenvalue weighted by molar-refractivity contribution is 5.24. The third kappa shape index (κ3) is 4.45. The highest BCUT2D eigenvalue weighted by Crippen LogP contribution is 2.09. The topological polar surface area (TPSA) is 21.3 Å². The number of benzene rings is 1. The second kappa shape index (κ2) is 6.59. The van der Waals surface area contributed by atoms with E-state index in [-0.39, 0.29) is 0 Å². The molecule has 0 bridgehead atoms. The van der Waals surface area contributed by atoms with Crippen molar-refractivity contribution in [1.82, 2.24) is 5.32 Å². The second-order valence-electron chi connectivity index (χ2n) is 3.92. The molecular formula is C13H21NO. The molecule has 0 aliphatic heterocycles. The fourth-order valence-electron chi connectivity index (χ4n) is 1.60. The van der Waals surface area contributed by atoms with E-state index in [0.717, 1.165) is 19.4 Å². The minimum absolute atomic E-state index is 0.296. The molecule has 0 heterocycles. The van der Waals surface area contributed by atoms with Crippen molar-refractivity contribution in [3.8, 4) is 0 Å². The van der Waals surface area contributed by atoms with Crippen LogP contribution in [-0.4, -0.2) is 26.8 Å². The molecule has 0 amide bonds. The monoisotopic (exact) mass is 207 g/mol. The van der Waals surface area contributed by atoms with Crippen molar-refractivity contribution < 1.29 is 4.74 Å². The van der Waals surface area contributed by atoms with Gasteiger partial charge in [0.1, 0.15) is 0 Å². The maximum atomic E-state index is 5.26. The molecule has 1 N–H and O–H groups in total. The van der Waals surface area contributed by atoms with Crippen molar-refractivity contribution in [1.29, 1.82) is 0 Å². The SMILES string of the molecule is CNCCc1cccc(CC(C)OC)c1. The van der Waals surface area contributed by atoms with Gasteiger partial charge in [0.05, 0.1) is 6.10 Å². The van der Waals surface area contributed by atoms with Crippen molar-refractivity contribution >= 4 is 0 Å². The van der Waals surface area contributed by atoms with E-state index < -0.39 is 0 Å². The van der Waals surface area contributed by atoms with Crippen LogP contribution in [-0.2, 0) is 17.6 Å². The molecule has 84 valence electrons. The molecule has 15 heavy (non-hydrogen) atoms. The van der Waals surface area contributed by atoms with E-state index in [1.165, 1.54) is 11.1 Å². The summed E-state index contributed by atoms with van der Waals surface area (Å²) in [7, 11) is 3.74. The van der Waals surface area contributed by atoms with Gasteiger partial charge in [0.15, 0.2) is 0 Å². The van der Waals surface area contributed by atoms with Crippen molar-refractivity contribution in [3.05, 3.63) is 35.4 Å². The fourth-order valence-corrected chi connectivity index (χ4v) is 1.60. The Morgan fingerprint density at radius 2 is 2.07 bits per heavy atom. The van der Waals surface area contributed by atoms with Gasteiger partial charge >= 0.3 is 0 Å². The van der Waals surface area contributed by atoms with Gasteiger partial charge in [-0.15, -0.1) is 0 Å². The van der Waals surface area contributed by atoms with Gasteiger partial charge < -0.3 is 10.1 Å². The van der Waals surface area contributed by atoms with Crippen LogP contribution in [0.25, 0.3) is 0 Å². The smallest absolute Gasteiger partial charge is 0.0583 e. The Labute approximate surface area is 92.6 Å². The average molecular weight is 207 g/mol. The van der Waals surface area contributed by atoms with Gasteiger partial charge in [-0.1, -0.05) is 24.3 Å². The Kier molecular flexibility index (Phi) is 5.37. The third-order valence-electron chi connectivity index (χ3n) is 2.58. The first-order valence-corrected chi connectivity index (χ1v) is 5.51. The van der Waals surface area contributed by atoms with E-state index in [0.29, 0.717) is 6.10 Å². The van der Waals surface area contributed by atoms with Crippen LogP contribution in [0.4, 0.5) is 0 Å². The first-order chi connectivity index (χ1) is 7.26. The molecule has 0 saturated carbocycles. The van der Waals surface area contributed by atoms with Gasteiger partial charge in [-0.2, -0.15) is 0 Å². The Morgan fingerprint density at radius 3 is 2.73 bits per heavy atom. The van der Waals surface area contributed by atoms with Gasteiger partial charge in [0.25, 0.3) is 0 Å². The molecule has 0 fully saturated rings. The molecule has 0 spiro atoms. The summed E-state index contributed by atoms with van der Waals surface area (Å²) in [5.41, 5.74) is 2.75. The van der Waals surface area contributed by atoms with Crippen LogP contribution in [0.3, 0.4) is 0 Å². The van der Waals surface area contributed by atoms with E-state index in [4.69, 9.17) is 4.74 Å². The summed E-state index contributed by atoms with van der Waals surface area (Å²) in [6.07, 6.45) is 2.37.